The van der Waals surface area contributed by atoms with E-state index in [4.69, 9.17) is 14.7 Å². The monoisotopic (exact) mass is 369 g/mol. The Bertz CT molecular complexity index is 818. The minimum atomic E-state index is 0.626. The molecule has 2 fully saturated rings. The highest BCUT2D eigenvalue weighted by Gasteiger charge is 2.31. The predicted octanol–water partition coefficient (Wildman–Crippen LogP) is 4.09. The summed E-state index contributed by atoms with van der Waals surface area (Å²) < 4.78 is 6.67. The van der Waals surface area contributed by atoms with Crippen LogP contribution in [-0.2, 0) is 4.74 Å². The second-order valence-corrected chi connectivity index (χ2v) is 9.23. The summed E-state index contributed by atoms with van der Waals surface area (Å²) >= 11 is 1.89. The van der Waals surface area contributed by atoms with E-state index in [1.807, 2.05) is 11.3 Å². The van der Waals surface area contributed by atoms with Gasteiger partial charge in [-0.05, 0) is 62.4 Å². The lowest BCUT2D eigenvalue weighted by Gasteiger charge is -2.41. The van der Waals surface area contributed by atoms with Crippen molar-refractivity contribution in [2.75, 3.05) is 32.8 Å². The quantitative estimate of drug-likeness (QED) is 0.818. The summed E-state index contributed by atoms with van der Waals surface area (Å²) in [5.41, 5.74) is 3.72. The topological polar surface area (TPSA) is 37.7 Å². The first-order valence-corrected chi connectivity index (χ1v) is 10.8. The van der Waals surface area contributed by atoms with E-state index in [1.54, 1.807) is 0 Å². The van der Waals surface area contributed by atoms with Crippen LogP contribution in [0.25, 0.3) is 10.2 Å². The van der Waals surface area contributed by atoms with Crippen molar-refractivity contribution in [3.63, 3.8) is 0 Å². The molecule has 138 valence electrons. The zero-order chi connectivity index (χ0) is 17.5. The second-order valence-electron chi connectivity index (χ2n) is 8.17. The molecule has 0 bridgehead atoms. The van der Waals surface area contributed by atoms with Crippen molar-refractivity contribution < 1.29 is 4.74 Å². The van der Waals surface area contributed by atoms with Gasteiger partial charge >= 0.3 is 0 Å². The molecule has 0 N–H and O–H groups in total. The van der Waals surface area contributed by atoms with Gasteiger partial charge in [0.25, 0.3) is 0 Å². The summed E-state index contributed by atoms with van der Waals surface area (Å²) in [5.74, 6) is 1.35. The first-order chi connectivity index (χ1) is 12.8. The van der Waals surface area contributed by atoms with E-state index in [0.717, 1.165) is 32.1 Å². The summed E-state index contributed by atoms with van der Waals surface area (Å²) in [6.07, 6.45) is 4.82. The molecule has 0 saturated carbocycles. The number of likely N-dealkylation sites (tertiary alicyclic amines) is 1. The number of benzene rings is 1. The average Bonchev–Trinajstić information content (AvgIpc) is 3.05. The highest BCUT2D eigenvalue weighted by molar-refractivity contribution is 7.18. The molecule has 0 spiro atoms. The van der Waals surface area contributed by atoms with Crippen LogP contribution in [0.4, 0.5) is 0 Å². The van der Waals surface area contributed by atoms with Gasteiger partial charge in [0.15, 0.2) is 0 Å². The lowest BCUT2D eigenvalue weighted by atomic mass is 9.95. The molecule has 1 atom stereocenters. The summed E-state index contributed by atoms with van der Waals surface area (Å²) in [6.45, 7) is 7.50. The van der Waals surface area contributed by atoms with Crippen molar-refractivity contribution in [3.05, 3.63) is 28.8 Å². The van der Waals surface area contributed by atoms with Crippen LogP contribution in [0.1, 0.15) is 49.1 Å². The number of nitrogens with zero attached hydrogens (tertiary/aromatic N) is 3. The van der Waals surface area contributed by atoms with Crippen LogP contribution in [0.3, 0.4) is 0 Å². The molecule has 1 aromatic heterocycles. The van der Waals surface area contributed by atoms with Crippen LogP contribution >= 0.6 is 11.3 Å². The van der Waals surface area contributed by atoms with Gasteiger partial charge in [-0.2, -0.15) is 0 Å². The Hall–Kier alpha value is -1.30. The smallest absolute Gasteiger partial charge is 0.0970 e. The fourth-order valence-corrected chi connectivity index (χ4v) is 5.42. The maximum absolute atomic E-state index is 5.34. The molecule has 5 rings (SSSR count). The number of thiazole rings is 1. The second kappa shape index (κ2) is 7.02. The maximum atomic E-state index is 5.34. The summed E-state index contributed by atoms with van der Waals surface area (Å²) in [5, 5.41) is 1.33. The molecular weight excluding hydrogens is 342 g/mol. The molecule has 5 heteroatoms. The lowest BCUT2D eigenvalue weighted by Crippen LogP contribution is -2.51. The van der Waals surface area contributed by atoms with E-state index < -0.39 is 0 Å². The Morgan fingerprint density at radius 3 is 2.69 bits per heavy atom. The van der Waals surface area contributed by atoms with Crippen LogP contribution < -0.4 is 0 Å². The third-order valence-electron chi connectivity index (χ3n) is 6.22. The van der Waals surface area contributed by atoms with Gasteiger partial charge in [-0.3, -0.25) is 9.89 Å². The minimum Gasteiger partial charge on any atom is -0.378 e. The van der Waals surface area contributed by atoms with Gasteiger partial charge < -0.3 is 4.74 Å². The largest absolute Gasteiger partial charge is 0.378 e. The van der Waals surface area contributed by atoms with Crippen molar-refractivity contribution >= 4 is 27.3 Å². The molecular formula is C21H27N3OS. The van der Waals surface area contributed by atoms with Crippen molar-refractivity contribution in [1.82, 2.24) is 9.88 Å². The molecule has 0 radical (unpaired) electrons. The number of rotatable bonds is 3. The average molecular weight is 370 g/mol. The number of ether oxygens (including phenoxy) is 1. The van der Waals surface area contributed by atoms with Gasteiger partial charge in [-0.1, -0.05) is 13.0 Å². The first-order valence-electron chi connectivity index (χ1n) is 10.0. The third-order valence-corrected chi connectivity index (χ3v) is 7.42. The number of piperidine rings is 1. The number of fused-ring (bicyclic) bond motifs is 1. The van der Waals surface area contributed by atoms with E-state index in [2.05, 4.69) is 30.0 Å². The van der Waals surface area contributed by atoms with Crippen LogP contribution in [0, 0.1) is 5.92 Å². The van der Waals surface area contributed by atoms with Crippen molar-refractivity contribution in [2.24, 2.45) is 10.9 Å². The summed E-state index contributed by atoms with van der Waals surface area (Å²) in [4.78, 5) is 12.4. The molecule has 0 amide bonds. The van der Waals surface area contributed by atoms with E-state index in [0.29, 0.717) is 12.0 Å². The molecule has 3 aliphatic heterocycles. The SMILES string of the molecule is C[C@H]1CCC(c2ccc3sc(C4CCN(C5COC5)CC4)nc3c2)=NC1. The number of aromatic nitrogens is 1. The zero-order valence-electron chi connectivity index (χ0n) is 15.5. The van der Waals surface area contributed by atoms with Gasteiger partial charge in [0, 0.05) is 18.2 Å². The van der Waals surface area contributed by atoms with Gasteiger partial charge in [0.2, 0.25) is 0 Å². The Balaban J connectivity index is 1.32. The lowest BCUT2D eigenvalue weighted by molar-refractivity contribution is -0.0712. The Morgan fingerprint density at radius 2 is 2.00 bits per heavy atom. The van der Waals surface area contributed by atoms with E-state index >= 15 is 0 Å². The molecule has 4 nitrogen and oxygen atoms in total. The summed E-state index contributed by atoms with van der Waals surface area (Å²) in [6, 6.07) is 7.45. The first kappa shape index (κ1) is 16.8. The number of hydrogen-bond donors (Lipinski definition) is 0. The van der Waals surface area contributed by atoms with Crippen molar-refractivity contribution in [3.8, 4) is 0 Å². The number of hydrogen-bond acceptors (Lipinski definition) is 5. The van der Waals surface area contributed by atoms with E-state index in [-0.39, 0.29) is 0 Å². The Kier molecular flexibility index (Phi) is 4.55. The summed E-state index contributed by atoms with van der Waals surface area (Å²) in [7, 11) is 0. The molecule has 26 heavy (non-hydrogen) atoms. The van der Waals surface area contributed by atoms with Gasteiger partial charge in [0.05, 0.1) is 34.5 Å². The normalized spacial score (nSPS) is 26.0. The van der Waals surface area contributed by atoms with Gasteiger partial charge in [-0.15, -0.1) is 11.3 Å². The Labute approximate surface area is 159 Å². The van der Waals surface area contributed by atoms with Gasteiger partial charge in [0.1, 0.15) is 0 Å². The number of aliphatic imine (C=N–C) groups is 1. The maximum Gasteiger partial charge on any atom is 0.0970 e. The van der Waals surface area contributed by atoms with E-state index in [9.17, 15) is 0 Å². The van der Waals surface area contributed by atoms with E-state index in [1.165, 1.54) is 58.9 Å². The predicted molar refractivity (Wildman–Crippen MR) is 108 cm³/mol. The Morgan fingerprint density at radius 1 is 1.15 bits per heavy atom. The van der Waals surface area contributed by atoms with Crippen LogP contribution in [0.5, 0.6) is 0 Å². The molecule has 2 aromatic rings. The van der Waals surface area contributed by atoms with Crippen LogP contribution in [-0.4, -0.2) is 54.5 Å². The van der Waals surface area contributed by atoms with Crippen molar-refractivity contribution in [2.45, 2.75) is 44.6 Å². The van der Waals surface area contributed by atoms with Crippen LogP contribution in [0.15, 0.2) is 23.2 Å². The zero-order valence-corrected chi connectivity index (χ0v) is 16.3. The molecule has 3 aliphatic rings. The molecule has 1 aromatic carbocycles. The fourth-order valence-electron chi connectivity index (χ4n) is 4.30. The fraction of sp³-hybridized carbons (Fsp3) is 0.619. The highest BCUT2D eigenvalue weighted by Crippen LogP contribution is 2.35. The standard InChI is InChI=1S/C21H27N3OS/c1-14-2-4-18(22-11-14)16-3-5-20-19(10-16)23-21(26-20)15-6-8-24(9-7-15)17-12-25-13-17/h3,5,10,14-15,17H,2,4,6-9,11-13H2,1H3/t14-/m0/s1. The van der Waals surface area contributed by atoms with Crippen LogP contribution in [0.2, 0.25) is 0 Å². The van der Waals surface area contributed by atoms with Gasteiger partial charge in [-0.25, -0.2) is 4.98 Å². The molecule has 2 saturated heterocycles. The van der Waals surface area contributed by atoms with Crippen molar-refractivity contribution in [1.29, 1.82) is 0 Å². The molecule has 4 heterocycles. The molecule has 0 aliphatic carbocycles. The highest BCUT2D eigenvalue weighted by atomic mass is 32.1. The molecule has 0 unspecified atom stereocenters. The minimum absolute atomic E-state index is 0.626. The third kappa shape index (κ3) is 3.21.